The van der Waals surface area contributed by atoms with Gasteiger partial charge >= 0.3 is 5.97 Å². The van der Waals surface area contributed by atoms with Crippen LogP contribution in [0.3, 0.4) is 0 Å². The van der Waals surface area contributed by atoms with Crippen molar-refractivity contribution in [2.75, 3.05) is 7.11 Å². The second-order valence-corrected chi connectivity index (χ2v) is 7.94. The van der Waals surface area contributed by atoms with Crippen LogP contribution in [0.2, 0.25) is 0 Å². The number of rotatable bonds is 3. The van der Waals surface area contributed by atoms with Crippen molar-refractivity contribution in [2.45, 2.75) is 37.9 Å². The van der Waals surface area contributed by atoms with Crippen LogP contribution in [-0.4, -0.2) is 18.1 Å². The normalized spacial score (nSPS) is 12.8. The highest BCUT2D eigenvalue weighted by Crippen LogP contribution is 2.29. The van der Waals surface area contributed by atoms with E-state index in [9.17, 15) is 4.79 Å². The minimum absolute atomic E-state index is 0.0367. The zero-order valence-electron chi connectivity index (χ0n) is 14.2. The van der Waals surface area contributed by atoms with E-state index in [0.717, 1.165) is 11.3 Å². The number of hydrogen-bond acceptors (Lipinski definition) is 3. The lowest BCUT2D eigenvalue weighted by atomic mass is 9.86. The van der Waals surface area contributed by atoms with E-state index >= 15 is 0 Å². The molecule has 0 saturated carbocycles. The van der Waals surface area contributed by atoms with Crippen LogP contribution in [0.25, 0.3) is 11.3 Å². The number of halogens is 1. The average Bonchev–Trinajstić information content (AvgIpc) is 2.52. The summed E-state index contributed by atoms with van der Waals surface area (Å²) in [6.07, 6.45) is 0. The fourth-order valence-corrected chi connectivity index (χ4v) is 2.71. The number of ether oxygens (including phenoxy) is 1. The molecule has 0 aliphatic rings. The van der Waals surface area contributed by atoms with Gasteiger partial charge in [0.05, 0.1) is 28.9 Å². The van der Waals surface area contributed by atoms with Gasteiger partial charge in [0.1, 0.15) is 0 Å². The van der Waals surface area contributed by atoms with Crippen molar-refractivity contribution in [1.82, 2.24) is 4.98 Å². The standard InChI is InChI=1S/C19H22BrNO2/c1-12(20)17-15(18(22)23-5)10-11-16(21-17)13-6-8-14(9-7-13)19(2,3)4/h6-12H,1-5H3. The molecule has 23 heavy (non-hydrogen) atoms. The lowest BCUT2D eigenvalue weighted by molar-refractivity contribution is 0.0599. The number of methoxy groups -OCH3 is 1. The van der Waals surface area contributed by atoms with E-state index in [-0.39, 0.29) is 16.2 Å². The second-order valence-electron chi connectivity index (χ2n) is 6.56. The van der Waals surface area contributed by atoms with Gasteiger partial charge in [0.2, 0.25) is 0 Å². The molecule has 1 aromatic heterocycles. The summed E-state index contributed by atoms with van der Waals surface area (Å²) in [7, 11) is 1.38. The van der Waals surface area contributed by atoms with Crippen molar-refractivity contribution >= 4 is 21.9 Å². The third-order valence-corrected chi connectivity index (χ3v) is 4.19. The van der Waals surface area contributed by atoms with Crippen LogP contribution in [0.15, 0.2) is 36.4 Å². The van der Waals surface area contributed by atoms with Crippen LogP contribution >= 0.6 is 15.9 Å². The lowest BCUT2D eigenvalue weighted by Gasteiger charge is -2.19. The van der Waals surface area contributed by atoms with E-state index in [2.05, 4.69) is 66.0 Å². The van der Waals surface area contributed by atoms with E-state index in [4.69, 9.17) is 4.74 Å². The fraction of sp³-hybridized carbons (Fsp3) is 0.368. The maximum atomic E-state index is 11.9. The Morgan fingerprint density at radius 3 is 2.22 bits per heavy atom. The highest BCUT2D eigenvalue weighted by molar-refractivity contribution is 9.09. The highest BCUT2D eigenvalue weighted by atomic mass is 79.9. The van der Waals surface area contributed by atoms with Gasteiger partial charge in [-0.3, -0.25) is 4.98 Å². The van der Waals surface area contributed by atoms with E-state index in [1.165, 1.54) is 12.7 Å². The van der Waals surface area contributed by atoms with Gasteiger partial charge in [-0.05, 0) is 30.0 Å². The van der Waals surface area contributed by atoms with E-state index < -0.39 is 0 Å². The zero-order chi connectivity index (χ0) is 17.2. The Labute approximate surface area is 146 Å². The van der Waals surface area contributed by atoms with Crippen molar-refractivity contribution in [2.24, 2.45) is 0 Å². The van der Waals surface area contributed by atoms with E-state index in [1.807, 2.05) is 13.0 Å². The second kappa shape index (κ2) is 6.83. The number of benzene rings is 1. The number of alkyl halides is 1. The molecule has 0 bridgehead atoms. The van der Waals surface area contributed by atoms with Gasteiger partial charge in [0.15, 0.2) is 0 Å². The van der Waals surface area contributed by atoms with Gasteiger partial charge in [-0.1, -0.05) is 61.0 Å². The van der Waals surface area contributed by atoms with Crippen molar-refractivity contribution in [3.63, 3.8) is 0 Å². The molecule has 0 fully saturated rings. The number of nitrogens with zero attached hydrogens (tertiary/aromatic N) is 1. The summed E-state index contributed by atoms with van der Waals surface area (Å²) in [4.78, 5) is 16.5. The fourth-order valence-electron chi connectivity index (χ4n) is 2.36. The maximum Gasteiger partial charge on any atom is 0.339 e. The van der Waals surface area contributed by atoms with Gasteiger partial charge in [0.25, 0.3) is 0 Å². The minimum atomic E-state index is -0.367. The van der Waals surface area contributed by atoms with Crippen molar-refractivity contribution in [3.05, 3.63) is 53.2 Å². The average molecular weight is 376 g/mol. The smallest absolute Gasteiger partial charge is 0.339 e. The van der Waals surface area contributed by atoms with Gasteiger partial charge in [0, 0.05) is 5.56 Å². The summed E-state index contributed by atoms with van der Waals surface area (Å²) in [5.74, 6) is -0.367. The quantitative estimate of drug-likeness (QED) is 0.540. The molecule has 0 radical (unpaired) electrons. The summed E-state index contributed by atoms with van der Waals surface area (Å²) in [6.45, 7) is 8.52. The first-order valence-electron chi connectivity index (χ1n) is 7.58. The Morgan fingerprint density at radius 1 is 1.13 bits per heavy atom. The Hall–Kier alpha value is -1.68. The molecular weight excluding hydrogens is 354 g/mol. The molecule has 0 saturated heterocycles. The number of pyridine rings is 1. The molecule has 1 atom stereocenters. The first-order chi connectivity index (χ1) is 10.7. The zero-order valence-corrected chi connectivity index (χ0v) is 15.8. The number of carbonyl (C=O) groups excluding carboxylic acids is 1. The first kappa shape index (κ1) is 17.7. The SMILES string of the molecule is COC(=O)c1ccc(-c2ccc(C(C)(C)C)cc2)nc1C(C)Br. The van der Waals surface area contributed by atoms with Crippen LogP contribution in [0, 0.1) is 0 Å². The van der Waals surface area contributed by atoms with Crippen LogP contribution in [-0.2, 0) is 10.2 Å². The number of esters is 1. The molecule has 0 amide bonds. The van der Waals surface area contributed by atoms with Gasteiger partial charge in [-0.15, -0.1) is 0 Å². The molecule has 1 heterocycles. The summed E-state index contributed by atoms with van der Waals surface area (Å²) >= 11 is 3.50. The monoisotopic (exact) mass is 375 g/mol. The Balaban J connectivity index is 2.44. The molecule has 4 heteroatoms. The van der Waals surface area contributed by atoms with Crippen LogP contribution < -0.4 is 0 Å². The summed E-state index contributed by atoms with van der Waals surface area (Å²) in [6, 6.07) is 12.0. The first-order valence-corrected chi connectivity index (χ1v) is 8.50. The molecule has 0 N–H and O–H groups in total. The summed E-state index contributed by atoms with van der Waals surface area (Å²) in [5.41, 5.74) is 4.46. The third-order valence-electron chi connectivity index (χ3n) is 3.75. The van der Waals surface area contributed by atoms with Crippen molar-refractivity contribution in [3.8, 4) is 11.3 Å². The molecular formula is C19H22BrNO2. The molecule has 1 aromatic carbocycles. The van der Waals surface area contributed by atoms with Gasteiger partial charge in [-0.2, -0.15) is 0 Å². The largest absolute Gasteiger partial charge is 0.465 e. The number of aromatic nitrogens is 1. The Morgan fingerprint density at radius 2 is 1.74 bits per heavy atom. The van der Waals surface area contributed by atoms with Gasteiger partial charge < -0.3 is 4.74 Å². The number of hydrogen-bond donors (Lipinski definition) is 0. The maximum absolute atomic E-state index is 11.9. The number of carbonyl (C=O) groups is 1. The van der Waals surface area contributed by atoms with Gasteiger partial charge in [-0.25, -0.2) is 4.79 Å². The minimum Gasteiger partial charge on any atom is -0.465 e. The lowest BCUT2D eigenvalue weighted by Crippen LogP contribution is -2.10. The Bertz CT molecular complexity index is 700. The van der Waals surface area contributed by atoms with Crippen LogP contribution in [0.4, 0.5) is 0 Å². The van der Waals surface area contributed by atoms with Crippen LogP contribution in [0.1, 0.15) is 54.1 Å². The van der Waals surface area contributed by atoms with E-state index in [1.54, 1.807) is 6.07 Å². The van der Waals surface area contributed by atoms with Crippen LogP contribution in [0.5, 0.6) is 0 Å². The van der Waals surface area contributed by atoms with Crippen molar-refractivity contribution in [1.29, 1.82) is 0 Å². The summed E-state index contributed by atoms with van der Waals surface area (Å²) < 4.78 is 4.83. The van der Waals surface area contributed by atoms with Crippen molar-refractivity contribution < 1.29 is 9.53 Å². The molecule has 0 aliphatic heterocycles. The molecule has 2 rings (SSSR count). The summed E-state index contributed by atoms with van der Waals surface area (Å²) in [5, 5.41) is 0. The van der Waals surface area contributed by atoms with E-state index in [0.29, 0.717) is 11.3 Å². The predicted molar refractivity (Wildman–Crippen MR) is 97.1 cm³/mol. The third kappa shape index (κ3) is 3.99. The molecule has 0 aliphatic carbocycles. The molecule has 1 unspecified atom stereocenters. The topological polar surface area (TPSA) is 39.2 Å². The molecule has 0 spiro atoms. The Kier molecular flexibility index (Phi) is 5.25. The highest BCUT2D eigenvalue weighted by Gasteiger charge is 2.18. The molecule has 2 aromatic rings. The molecule has 3 nitrogen and oxygen atoms in total. The predicted octanol–water partition coefficient (Wildman–Crippen LogP) is 5.29. The molecule has 122 valence electrons.